The molecule has 0 radical (unpaired) electrons. The van der Waals surface area contributed by atoms with Crippen LogP contribution in [0.1, 0.15) is 28.8 Å². The van der Waals surface area contributed by atoms with Crippen molar-refractivity contribution in [1.29, 1.82) is 0 Å². The van der Waals surface area contributed by atoms with E-state index in [2.05, 4.69) is 5.32 Å². The van der Waals surface area contributed by atoms with Crippen molar-refractivity contribution >= 4 is 29.3 Å². The van der Waals surface area contributed by atoms with Crippen molar-refractivity contribution in [3.8, 4) is 0 Å². The van der Waals surface area contributed by atoms with Crippen LogP contribution in [0.2, 0.25) is 0 Å². The second kappa shape index (κ2) is 10.4. The summed E-state index contributed by atoms with van der Waals surface area (Å²) in [5, 5.41) is 14.2. The molecule has 0 bridgehead atoms. The third kappa shape index (κ3) is 5.61. The average Bonchev–Trinajstić information content (AvgIpc) is 2.79. The molecule has 2 aromatic carbocycles. The lowest BCUT2D eigenvalue weighted by Crippen LogP contribution is -2.43. The molecule has 0 unspecified atom stereocenters. The van der Waals surface area contributed by atoms with Crippen LogP contribution in [0.5, 0.6) is 0 Å². The maximum Gasteiger partial charge on any atom is 0.282 e. The Morgan fingerprint density at radius 1 is 1.23 bits per heavy atom. The lowest BCUT2D eigenvalue weighted by Gasteiger charge is -2.31. The highest BCUT2D eigenvalue weighted by Crippen LogP contribution is 2.27. The number of carbonyl (C=O) groups is 2. The van der Waals surface area contributed by atoms with Crippen LogP contribution in [0.25, 0.3) is 0 Å². The Bertz CT molecular complexity index is 977. The van der Waals surface area contributed by atoms with Gasteiger partial charge in [-0.2, -0.15) is 0 Å². The van der Waals surface area contributed by atoms with Gasteiger partial charge >= 0.3 is 0 Å². The molecule has 164 valence electrons. The Kier molecular flexibility index (Phi) is 7.62. The number of nitro benzene ring substituents is 1. The summed E-state index contributed by atoms with van der Waals surface area (Å²) in [6.45, 7) is 1.04. The number of benzene rings is 2. The van der Waals surface area contributed by atoms with Crippen LogP contribution in [0, 0.1) is 21.8 Å². The molecule has 1 aliphatic heterocycles. The number of likely N-dealkylation sites (tertiary alicyclic amines) is 1. The summed E-state index contributed by atoms with van der Waals surface area (Å²) < 4.78 is 13.7. The van der Waals surface area contributed by atoms with E-state index in [0.717, 1.165) is 4.90 Å². The van der Waals surface area contributed by atoms with Gasteiger partial charge in [0.1, 0.15) is 11.4 Å². The van der Waals surface area contributed by atoms with Gasteiger partial charge in [0.15, 0.2) is 0 Å². The van der Waals surface area contributed by atoms with E-state index in [9.17, 15) is 24.1 Å². The van der Waals surface area contributed by atoms with Gasteiger partial charge in [0.25, 0.3) is 11.6 Å². The molecular formula is C22H24FN3O4S. The minimum Gasteiger partial charge on any atom is -0.356 e. The number of nitro groups is 1. The van der Waals surface area contributed by atoms with Crippen molar-refractivity contribution in [2.45, 2.75) is 24.2 Å². The number of hydrogen-bond donors (Lipinski definition) is 1. The lowest BCUT2D eigenvalue weighted by molar-refractivity contribution is -0.385. The van der Waals surface area contributed by atoms with E-state index in [1.54, 1.807) is 35.2 Å². The summed E-state index contributed by atoms with van der Waals surface area (Å²) in [6, 6.07) is 11.0. The molecule has 1 aliphatic rings. The molecule has 1 N–H and O–H groups in total. The first-order valence-corrected chi connectivity index (χ1v) is 11.3. The minimum atomic E-state index is -0.549. The van der Waals surface area contributed by atoms with Crippen LogP contribution in [-0.2, 0) is 11.2 Å². The van der Waals surface area contributed by atoms with E-state index in [-0.39, 0.29) is 34.8 Å². The first-order valence-electron chi connectivity index (χ1n) is 10.0. The summed E-state index contributed by atoms with van der Waals surface area (Å²) >= 11 is 1.41. The number of nitrogens with one attached hydrogen (secondary N) is 1. The highest BCUT2D eigenvalue weighted by atomic mass is 32.2. The highest BCUT2D eigenvalue weighted by molar-refractivity contribution is 7.98. The molecule has 0 aromatic heterocycles. The molecule has 31 heavy (non-hydrogen) atoms. The highest BCUT2D eigenvalue weighted by Gasteiger charge is 2.30. The predicted octanol–water partition coefficient (Wildman–Crippen LogP) is 3.67. The van der Waals surface area contributed by atoms with E-state index < -0.39 is 4.92 Å². The van der Waals surface area contributed by atoms with Crippen LogP contribution in [0.15, 0.2) is 47.4 Å². The molecule has 1 heterocycles. The SMILES string of the molecule is CSc1ccc([N+](=O)[O-])c(C(=O)N2CCC(C(=O)NCCc3ccccc3F)CC2)c1. The van der Waals surface area contributed by atoms with Crippen molar-refractivity contribution in [2.75, 3.05) is 25.9 Å². The molecule has 9 heteroatoms. The molecule has 2 amide bonds. The number of amides is 2. The van der Waals surface area contributed by atoms with Gasteiger partial charge in [0.2, 0.25) is 5.91 Å². The molecule has 0 atom stereocenters. The lowest BCUT2D eigenvalue weighted by atomic mass is 9.95. The van der Waals surface area contributed by atoms with Crippen LogP contribution in [0.3, 0.4) is 0 Å². The van der Waals surface area contributed by atoms with Crippen LogP contribution < -0.4 is 5.32 Å². The molecule has 0 aliphatic carbocycles. The fraction of sp³-hybridized carbons (Fsp3) is 0.364. The molecule has 7 nitrogen and oxygen atoms in total. The molecule has 3 rings (SSSR count). The normalized spacial score (nSPS) is 14.3. The monoisotopic (exact) mass is 445 g/mol. The number of rotatable bonds is 7. The third-order valence-electron chi connectivity index (χ3n) is 5.44. The summed E-state index contributed by atoms with van der Waals surface area (Å²) in [5.74, 6) is -1.03. The van der Waals surface area contributed by atoms with Crippen LogP contribution >= 0.6 is 11.8 Å². The standard InChI is InChI=1S/C22H24FN3O4S/c1-31-17-6-7-20(26(29)30)18(14-17)22(28)25-12-9-16(10-13-25)21(27)24-11-8-15-4-2-3-5-19(15)23/h2-7,14,16H,8-13H2,1H3,(H,24,27). The van der Waals surface area contributed by atoms with Crippen molar-refractivity contribution in [1.82, 2.24) is 10.2 Å². The molecule has 0 saturated carbocycles. The molecule has 1 saturated heterocycles. The van der Waals surface area contributed by atoms with Gasteiger partial charge in [-0.3, -0.25) is 19.7 Å². The zero-order valence-corrected chi connectivity index (χ0v) is 18.0. The number of piperidine rings is 1. The Hall–Kier alpha value is -2.94. The molecular weight excluding hydrogens is 421 g/mol. The number of hydrogen-bond acceptors (Lipinski definition) is 5. The first kappa shape index (κ1) is 22.7. The van der Waals surface area contributed by atoms with E-state index in [1.807, 2.05) is 6.26 Å². The predicted molar refractivity (Wildman–Crippen MR) is 117 cm³/mol. The zero-order valence-electron chi connectivity index (χ0n) is 17.2. The topological polar surface area (TPSA) is 92.6 Å². The number of nitrogens with zero attached hydrogens (tertiary/aromatic N) is 2. The Morgan fingerprint density at radius 3 is 2.58 bits per heavy atom. The zero-order chi connectivity index (χ0) is 22.4. The van der Waals surface area contributed by atoms with Gasteiger partial charge in [0, 0.05) is 36.5 Å². The quantitative estimate of drug-likeness (QED) is 0.399. The van der Waals surface area contributed by atoms with Crippen molar-refractivity contribution < 1.29 is 18.9 Å². The molecule has 1 fully saturated rings. The van der Waals surface area contributed by atoms with Gasteiger partial charge in [-0.05, 0) is 49.3 Å². The largest absolute Gasteiger partial charge is 0.356 e. The van der Waals surface area contributed by atoms with Crippen molar-refractivity contribution in [3.63, 3.8) is 0 Å². The fourth-order valence-electron chi connectivity index (χ4n) is 3.65. The van der Waals surface area contributed by atoms with Crippen LogP contribution in [-0.4, -0.2) is 47.5 Å². The second-order valence-electron chi connectivity index (χ2n) is 7.34. The smallest absolute Gasteiger partial charge is 0.282 e. The van der Waals surface area contributed by atoms with E-state index >= 15 is 0 Å². The van der Waals surface area contributed by atoms with Gasteiger partial charge < -0.3 is 10.2 Å². The number of carbonyl (C=O) groups excluding carboxylic acids is 2. The van der Waals surface area contributed by atoms with Crippen molar-refractivity contribution in [3.05, 3.63) is 69.5 Å². The minimum absolute atomic E-state index is 0.0737. The fourth-order valence-corrected chi connectivity index (χ4v) is 4.09. The Morgan fingerprint density at radius 2 is 1.94 bits per heavy atom. The number of halogens is 1. The molecule has 0 spiro atoms. The Balaban J connectivity index is 1.54. The van der Waals surface area contributed by atoms with E-state index in [1.165, 1.54) is 23.9 Å². The maximum absolute atomic E-state index is 13.7. The van der Waals surface area contributed by atoms with Gasteiger partial charge in [0.05, 0.1) is 4.92 Å². The van der Waals surface area contributed by atoms with Gasteiger partial charge in [-0.15, -0.1) is 11.8 Å². The summed E-state index contributed by atoms with van der Waals surface area (Å²) in [7, 11) is 0. The second-order valence-corrected chi connectivity index (χ2v) is 8.22. The van der Waals surface area contributed by atoms with E-state index in [0.29, 0.717) is 44.5 Å². The van der Waals surface area contributed by atoms with E-state index in [4.69, 9.17) is 0 Å². The molecule has 2 aromatic rings. The summed E-state index contributed by atoms with van der Waals surface area (Å²) in [4.78, 5) is 38.5. The third-order valence-corrected chi connectivity index (χ3v) is 6.16. The van der Waals surface area contributed by atoms with Gasteiger partial charge in [-0.25, -0.2) is 4.39 Å². The summed E-state index contributed by atoms with van der Waals surface area (Å²) in [5.41, 5.74) is 0.415. The van der Waals surface area contributed by atoms with Crippen molar-refractivity contribution in [2.24, 2.45) is 5.92 Å². The Labute approximate surface area is 184 Å². The summed E-state index contributed by atoms with van der Waals surface area (Å²) in [6.07, 6.45) is 3.21. The maximum atomic E-state index is 13.7. The van der Waals surface area contributed by atoms with Gasteiger partial charge in [-0.1, -0.05) is 18.2 Å². The first-order chi connectivity index (χ1) is 14.9. The average molecular weight is 446 g/mol. The number of thioether (sulfide) groups is 1. The van der Waals surface area contributed by atoms with Crippen LogP contribution in [0.4, 0.5) is 10.1 Å².